The minimum Gasteiger partial charge on any atom is -0.348 e. The van der Waals surface area contributed by atoms with Crippen molar-refractivity contribution in [2.75, 3.05) is 5.75 Å². The summed E-state index contributed by atoms with van der Waals surface area (Å²) in [6, 6.07) is 4.09. The lowest BCUT2D eigenvalue weighted by Gasteiger charge is -2.08. The molecule has 27 heavy (non-hydrogen) atoms. The molecule has 3 rings (SSSR count). The standard InChI is InChI=1S/C18H19F3N4OS/c1-4-7-24-11(2)8-14(12(24)3)15(26)10-27-17-23-22-16-6-5-13(9-25(16)17)18(19,20)21/h5-6,8-9H,4,7,10H2,1-3H3. The molecule has 0 fully saturated rings. The van der Waals surface area contributed by atoms with E-state index < -0.39 is 11.7 Å². The van der Waals surface area contributed by atoms with E-state index in [0.29, 0.717) is 11.2 Å². The van der Waals surface area contributed by atoms with Gasteiger partial charge in [0.2, 0.25) is 0 Å². The zero-order valence-corrected chi connectivity index (χ0v) is 16.0. The van der Waals surface area contributed by atoms with Gasteiger partial charge in [-0.15, -0.1) is 10.2 Å². The van der Waals surface area contributed by atoms with Crippen LogP contribution in [0.25, 0.3) is 5.65 Å². The number of alkyl halides is 3. The quantitative estimate of drug-likeness (QED) is 0.453. The third-order valence-corrected chi connectivity index (χ3v) is 5.30. The van der Waals surface area contributed by atoms with Gasteiger partial charge in [0, 0.05) is 29.7 Å². The maximum absolute atomic E-state index is 12.9. The number of fused-ring (bicyclic) bond motifs is 1. The fourth-order valence-electron chi connectivity index (χ4n) is 2.99. The summed E-state index contributed by atoms with van der Waals surface area (Å²) < 4.78 is 42.1. The first-order valence-corrected chi connectivity index (χ1v) is 9.45. The van der Waals surface area contributed by atoms with Crippen LogP contribution in [0.15, 0.2) is 29.6 Å². The lowest BCUT2D eigenvalue weighted by molar-refractivity contribution is -0.137. The van der Waals surface area contributed by atoms with Crippen molar-refractivity contribution < 1.29 is 18.0 Å². The molecule has 5 nitrogen and oxygen atoms in total. The van der Waals surface area contributed by atoms with Gasteiger partial charge in [0.05, 0.1) is 11.3 Å². The molecule has 0 N–H and O–H groups in total. The van der Waals surface area contributed by atoms with Crippen LogP contribution >= 0.6 is 11.8 Å². The van der Waals surface area contributed by atoms with Crippen molar-refractivity contribution in [3.8, 4) is 0 Å². The molecule has 0 aliphatic rings. The molecule has 0 aliphatic heterocycles. The van der Waals surface area contributed by atoms with Crippen LogP contribution in [0.4, 0.5) is 13.2 Å². The number of carbonyl (C=O) groups excluding carboxylic acids is 1. The number of hydrogen-bond acceptors (Lipinski definition) is 4. The van der Waals surface area contributed by atoms with E-state index in [1.54, 1.807) is 0 Å². The summed E-state index contributed by atoms with van der Waals surface area (Å²) in [7, 11) is 0. The number of halogens is 3. The molecule has 0 unspecified atom stereocenters. The Morgan fingerprint density at radius 3 is 2.63 bits per heavy atom. The Bertz CT molecular complexity index is 991. The van der Waals surface area contributed by atoms with Crippen molar-refractivity contribution in [1.29, 1.82) is 0 Å². The first-order chi connectivity index (χ1) is 12.7. The minimum atomic E-state index is -4.45. The van der Waals surface area contributed by atoms with Gasteiger partial charge in [0.1, 0.15) is 0 Å². The van der Waals surface area contributed by atoms with Gasteiger partial charge in [-0.25, -0.2) is 0 Å². The lowest BCUT2D eigenvalue weighted by Crippen LogP contribution is -2.08. The topological polar surface area (TPSA) is 52.2 Å². The van der Waals surface area contributed by atoms with Crippen molar-refractivity contribution in [1.82, 2.24) is 19.2 Å². The van der Waals surface area contributed by atoms with Crippen LogP contribution in [0, 0.1) is 13.8 Å². The number of pyridine rings is 1. The highest BCUT2D eigenvalue weighted by atomic mass is 32.2. The Balaban J connectivity index is 1.81. The SMILES string of the molecule is CCCn1c(C)cc(C(=O)CSc2nnc3ccc(C(F)(F)F)cn23)c1C. The molecule has 0 saturated heterocycles. The van der Waals surface area contributed by atoms with Gasteiger partial charge in [-0.3, -0.25) is 9.20 Å². The Morgan fingerprint density at radius 2 is 1.96 bits per heavy atom. The second-order valence-electron chi connectivity index (χ2n) is 6.27. The highest BCUT2D eigenvalue weighted by molar-refractivity contribution is 7.99. The summed E-state index contributed by atoms with van der Waals surface area (Å²) in [5.74, 6) is -0.00725. The van der Waals surface area contributed by atoms with Crippen LogP contribution in [0.5, 0.6) is 0 Å². The normalized spacial score (nSPS) is 12.1. The summed E-state index contributed by atoms with van der Waals surface area (Å²) in [5, 5.41) is 8.03. The molecule has 0 amide bonds. The summed E-state index contributed by atoms with van der Waals surface area (Å²) in [6.07, 6.45) is -2.53. The summed E-state index contributed by atoms with van der Waals surface area (Å²) in [5.41, 5.74) is 2.08. The highest BCUT2D eigenvalue weighted by Crippen LogP contribution is 2.30. The van der Waals surface area contributed by atoms with Crippen molar-refractivity contribution in [3.05, 3.63) is 46.9 Å². The van der Waals surface area contributed by atoms with Crippen LogP contribution < -0.4 is 0 Å². The van der Waals surface area contributed by atoms with Crippen LogP contribution in [-0.4, -0.2) is 30.7 Å². The van der Waals surface area contributed by atoms with E-state index in [9.17, 15) is 18.0 Å². The first kappa shape index (κ1) is 19.5. The molecule has 0 atom stereocenters. The van der Waals surface area contributed by atoms with Crippen molar-refractivity contribution >= 4 is 23.2 Å². The van der Waals surface area contributed by atoms with E-state index in [0.717, 1.165) is 48.4 Å². The molecular formula is C18H19F3N4OS. The zero-order valence-electron chi connectivity index (χ0n) is 15.2. The Kier molecular flexibility index (Phi) is 5.32. The fourth-order valence-corrected chi connectivity index (χ4v) is 3.79. The maximum Gasteiger partial charge on any atom is 0.417 e. The summed E-state index contributed by atoms with van der Waals surface area (Å²) in [6.45, 7) is 6.77. The smallest absolute Gasteiger partial charge is 0.348 e. The van der Waals surface area contributed by atoms with E-state index in [-0.39, 0.29) is 16.7 Å². The van der Waals surface area contributed by atoms with Crippen LogP contribution in [0.2, 0.25) is 0 Å². The number of ketones is 1. The molecule has 3 heterocycles. The zero-order chi connectivity index (χ0) is 19.8. The van der Waals surface area contributed by atoms with E-state index >= 15 is 0 Å². The fraction of sp³-hybridized carbons (Fsp3) is 0.389. The summed E-state index contributed by atoms with van der Waals surface area (Å²) in [4.78, 5) is 12.6. The lowest BCUT2D eigenvalue weighted by atomic mass is 10.2. The second kappa shape index (κ2) is 7.38. The predicted octanol–water partition coefficient (Wildman–Crippen LogP) is 4.55. The Morgan fingerprint density at radius 1 is 1.22 bits per heavy atom. The third-order valence-electron chi connectivity index (χ3n) is 4.35. The predicted molar refractivity (Wildman–Crippen MR) is 97.2 cm³/mol. The molecule has 0 spiro atoms. The van der Waals surface area contributed by atoms with Gasteiger partial charge < -0.3 is 4.57 Å². The molecule has 0 radical (unpaired) electrons. The minimum absolute atomic E-state index is 0.0768. The van der Waals surface area contributed by atoms with Crippen molar-refractivity contribution in [2.45, 2.75) is 45.1 Å². The van der Waals surface area contributed by atoms with E-state index in [4.69, 9.17) is 0 Å². The average molecular weight is 396 g/mol. The Labute approximate surface area is 158 Å². The highest BCUT2D eigenvalue weighted by Gasteiger charge is 2.31. The number of aromatic nitrogens is 4. The number of nitrogens with zero attached hydrogens (tertiary/aromatic N) is 4. The maximum atomic E-state index is 12.9. The van der Waals surface area contributed by atoms with Crippen LogP contribution in [0.1, 0.15) is 40.7 Å². The van der Waals surface area contributed by atoms with Crippen molar-refractivity contribution in [3.63, 3.8) is 0 Å². The average Bonchev–Trinajstić information content (AvgIpc) is 3.14. The monoisotopic (exact) mass is 396 g/mol. The van der Waals surface area contributed by atoms with Gasteiger partial charge in [-0.2, -0.15) is 13.2 Å². The van der Waals surface area contributed by atoms with Crippen molar-refractivity contribution in [2.24, 2.45) is 0 Å². The van der Waals surface area contributed by atoms with E-state index in [2.05, 4.69) is 21.7 Å². The molecule has 3 aromatic heterocycles. The first-order valence-electron chi connectivity index (χ1n) is 8.47. The van der Waals surface area contributed by atoms with Gasteiger partial charge in [-0.05, 0) is 38.5 Å². The van der Waals surface area contributed by atoms with Crippen LogP contribution in [-0.2, 0) is 12.7 Å². The number of thioether (sulfide) groups is 1. The van der Waals surface area contributed by atoms with Crippen LogP contribution in [0.3, 0.4) is 0 Å². The van der Waals surface area contributed by atoms with Gasteiger partial charge >= 0.3 is 6.18 Å². The number of Topliss-reactive ketones (excluding diaryl/α,β-unsaturated/α-hetero) is 1. The van der Waals surface area contributed by atoms with E-state index in [1.165, 1.54) is 10.5 Å². The molecular weight excluding hydrogens is 377 g/mol. The van der Waals surface area contributed by atoms with Gasteiger partial charge in [0.15, 0.2) is 16.6 Å². The molecule has 9 heteroatoms. The molecule has 0 aliphatic carbocycles. The number of aryl methyl sites for hydroxylation is 1. The molecule has 0 saturated carbocycles. The number of hydrogen-bond donors (Lipinski definition) is 0. The largest absolute Gasteiger partial charge is 0.417 e. The van der Waals surface area contributed by atoms with E-state index in [1.807, 2.05) is 19.9 Å². The third kappa shape index (κ3) is 3.87. The van der Waals surface area contributed by atoms with Gasteiger partial charge in [-0.1, -0.05) is 18.7 Å². The molecule has 0 aromatic carbocycles. The molecule has 3 aromatic rings. The molecule has 144 valence electrons. The number of carbonyl (C=O) groups is 1. The van der Waals surface area contributed by atoms with Gasteiger partial charge in [0.25, 0.3) is 0 Å². The Hall–Kier alpha value is -2.29. The molecule has 0 bridgehead atoms. The number of rotatable bonds is 6. The second-order valence-corrected chi connectivity index (χ2v) is 7.22. The summed E-state index contributed by atoms with van der Waals surface area (Å²) >= 11 is 1.08.